The molecule has 0 bridgehead atoms. The lowest BCUT2D eigenvalue weighted by molar-refractivity contribution is -0.174. The maximum atomic E-state index is 14.4. The lowest BCUT2D eigenvalue weighted by Gasteiger charge is -2.32. The lowest BCUT2D eigenvalue weighted by Crippen LogP contribution is -2.61. The molecule has 198 valence electrons. The Hall–Kier alpha value is -2.32. The quantitative estimate of drug-likeness (QED) is 0.337. The Kier molecular flexibility index (Phi) is 9.22. The molecule has 0 aliphatic carbocycles. The van der Waals surface area contributed by atoms with Gasteiger partial charge in [0.15, 0.2) is 9.84 Å². The summed E-state index contributed by atoms with van der Waals surface area (Å²) >= 11 is 0. The van der Waals surface area contributed by atoms with Gasteiger partial charge in [0.05, 0.1) is 23.1 Å². The molecule has 1 aliphatic rings. The minimum Gasteiger partial charge on any atom is -0.384 e. The van der Waals surface area contributed by atoms with Crippen LogP contribution < -0.4 is 16.0 Å². The first-order valence-corrected chi connectivity index (χ1v) is 12.5. The van der Waals surface area contributed by atoms with Gasteiger partial charge in [0.1, 0.15) is 12.6 Å². The second kappa shape index (κ2) is 11.2. The van der Waals surface area contributed by atoms with Gasteiger partial charge in [0.2, 0.25) is 5.91 Å². The van der Waals surface area contributed by atoms with Crippen molar-refractivity contribution in [2.45, 2.75) is 61.6 Å². The molecule has 0 spiro atoms. The van der Waals surface area contributed by atoms with Gasteiger partial charge in [-0.3, -0.25) is 9.59 Å². The van der Waals surface area contributed by atoms with Crippen LogP contribution in [-0.4, -0.2) is 74.0 Å². The molecule has 1 fully saturated rings. The number of rotatable bonds is 10. The first-order chi connectivity index (χ1) is 16.0. The number of nitrogens with one attached hydrogen (secondary N) is 3. The smallest absolute Gasteiger partial charge is 0.384 e. The number of amides is 2. The van der Waals surface area contributed by atoms with Crippen LogP contribution in [0.1, 0.15) is 25.8 Å². The van der Waals surface area contributed by atoms with E-state index in [1.165, 1.54) is 13.8 Å². The average molecular weight is 530 g/mol. The first-order valence-electron chi connectivity index (χ1n) is 10.7. The average Bonchev–Trinajstić information content (AvgIpc) is 3.26. The van der Waals surface area contributed by atoms with Crippen LogP contribution in [0.4, 0.5) is 22.0 Å². The van der Waals surface area contributed by atoms with Gasteiger partial charge >= 0.3 is 12.1 Å². The highest BCUT2D eigenvalue weighted by Gasteiger charge is 2.52. The van der Waals surface area contributed by atoms with Gasteiger partial charge in [-0.1, -0.05) is 44.2 Å². The van der Waals surface area contributed by atoms with E-state index in [1.807, 2.05) is 0 Å². The molecule has 1 aromatic carbocycles. The Labute approximate surface area is 199 Å². The Morgan fingerprint density at radius 1 is 1.14 bits per heavy atom. The van der Waals surface area contributed by atoms with Crippen LogP contribution in [0.25, 0.3) is 0 Å². The Morgan fingerprint density at radius 2 is 1.74 bits per heavy atom. The van der Waals surface area contributed by atoms with E-state index in [9.17, 15) is 45.1 Å². The summed E-state index contributed by atoms with van der Waals surface area (Å²) in [5, 5.41) is 15.1. The van der Waals surface area contributed by atoms with E-state index in [0.717, 1.165) is 5.32 Å². The van der Waals surface area contributed by atoms with Crippen molar-refractivity contribution in [2.24, 2.45) is 5.92 Å². The van der Waals surface area contributed by atoms with E-state index >= 15 is 0 Å². The molecular formula is C21H28F5N3O5S. The molecule has 2 amide bonds. The molecule has 0 radical (unpaired) electrons. The minimum absolute atomic E-state index is 0.0574. The molecule has 8 nitrogen and oxygen atoms in total. The van der Waals surface area contributed by atoms with Crippen LogP contribution >= 0.6 is 0 Å². The lowest BCUT2D eigenvalue weighted by atomic mass is 9.93. The van der Waals surface area contributed by atoms with E-state index in [1.54, 1.807) is 30.3 Å². The third-order valence-corrected chi connectivity index (χ3v) is 7.73. The number of hydrogen-bond donors (Lipinski definition) is 4. The second-order valence-electron chi connectivity index (χ2n) is 8.76. The second-order valence-corrected chi connectivity index (χ2v) is 11.0. The van der Waals surface area contributed by atoms with Crippen molar-refractivity contribution in [3.8, 4) is 0 Å². The summed E-state index contributed by atoms with van der Waals surface area (Å²) in [5.74, 6) is -8.96. The molecule has 35 heavy (non-hydrogen) atoms. The van der Waals surface area contributed by atoms with E-state index in [4.69, 9.17) is 0 Å². The van der Waals surface area contributed by atoms with Gasteiger partial charge in [0, 0.05) is 6.54 Å². The van der Waals surface area contributed by atoms with Gasteiger partial charge in [-0.2, -0.15) is 22.0 Å². The predicted molar refractivity (Wildman–Crippen MR) is 116 cm³/mol. The maximum Gasteiger partial charge on any atom is 0.405 e. The third kappa shape index (κ3) is 7.84. The zero-order chi connectivity index (χ0) is 26.6. The fourth-order valence-corrected chi connectivity index (χ4v) is 5.36. The molecule has 2 rings (SSSR count). The number of carbonyl (C=O) groups is 2. The van der Waals surface area contributed by atoms with Crippen molar-refractivity contribution < 1.29 is 45.1 Å². The Morgan fingerprint density at radius 3 is 2.29 bits per heavy atom. The molecule has 2 unspecified atom stereocenters. The number of aliphatic hydroxyl groups is 1. The summed E-state index contributed by atoms with van der Waals surface area (Å²) in [7, 11) is -3.65. The van der Waals surface area contributed by atoms with Crippen molar-refractivity contribution >= 4 is 21.7 Å². The first kappa shape index (κ1) is 28.9. The highest BCUT2D eigenvalue weighted by atomic mass is 32.2. The topological polar surface area (TPSA) is 125 Å². The predicted octanol–water partition coefficient (Wildman–Crippen LogP) is 1.15. The largest absolute Gasteiger partial charge is 0.405 e. The highest BCUT2D eigenvalue weighted by Crippen LogP contribution is 2.26. The highest BCUT2D eigenvalue weighted by molar-refractivity contribution is 7.91. The summed E-state index contributed by atoms with van der Waals surface area (Å²) in [5.41, 5.74) is 0.564. The summed E-state index contributed by atoms with van der Waals surface area (Å²) in [6.45, 7) is 0.635. The van der Waals surface area contributed by atoms with E-state index in [0.29, 0.717) is 5.56 Å². The van der Waals surface area contributed by atoms with Crippen LogP contribution in [0.3, 0.4) is 0 Å². The van der Waals surface area contributed by atoms with Gasteiger partial charge in [-0.05, 0) is 17.9 Å². The van der Waals surface area contributed by atoms with Gasteiger partial charge in [-0.15, -0.1) is 0 Å². The molecule has 1 aromatic rings. The summed E-state index contributed by atoms with van der Waals surface area (Å²) in [6.07, 6.45) is -7.92. The summed E-state index contributed by atoms with van der Waals surface area (Å²) in [4.78, 5) is 24.3. The van der Waals surface area contributed by atoms with Gasteiger partial charge in [-0.25, -0.2) is 8.42 Å². The fourth-order valence-electron chi connectivity index (χ4n) is 3.63. The van der Waals surface area contributed by atoms with Crippen LogP contribution in [0.15, 0.2) is 30.3 Å². The van der Waals surface area contributed by atoms with Crippen LogP contribution in [0, 0.1) is 5.92 Å². The zero-order valence-corrected chi connectivity index (χ0v) is 19.8. The van der Waals surface area contributed by atoms with Crippen molar-refractivity contribution in [2.75, 3.05) is 13.1 Å². The van der Waals surface area contributed by atoms with E-state index in [-0.39, 0.29) is 18.7 Å². The molecule has 0 aromatic heterocycles. The number of hydrogen-bond acceptors (Lipinski definition) is 6. The summed E-state index contributed by atoms with van der Waals surface area (Å²) in [6, 6.07) is 5.60. The van der Waals surface area contributed by atoms with Crippen molar-refractivity contribution in [1.29, 1.82) is 0 Å². The fraction of sp³-hybridized carbons (Fsp3) is 0.619. The Balaban J connectivity index is 2.04. The minimum atomic E-state index is -4.94. The number of alkyl halides is 5. The van der Waals surface area contributed by atoms with Gasteiger partial charge < -0.3 is 21.1 Å². The molecule has 4 atom stereocenters. The number of benzene rings is 1. The molecule has 4 N–H and O–H groups in total. The maximum absolute atomic E-state index is 14.4. The van der Waals surface area contributed by atoms with E-state index in [2.05, 4.69) is 10.6 Å². The van der Waals surface area contributed by atoms with Crippen molar-refractivity contribution in [1.82, 2.24) is 16.0 Å². The van der Waals surface area contributed by atoms with Crippen LogP contribution in [-0.2, 0) is 25.2 Å². The normalized spacial score (nSPS) is 20.9. The monoisotopic (exact) mass is 529 g/mol. The third-order valence-electron chi connectivity index (χ3n) is 5.62. The summed E-state index contributed by atoms with van der Waals surface area (Å²) < 4.78 is 90.9. The number of carbonyl (C=O) groups excluding carboxylic acids is 2. The number of halogens is 5. The van der Waals surface area contributed by atoms with Crippen molar-refractivity contribution in [3.63, 3.8) is 0 Å². The molecular weight excluding hydrogens is 501 g/mol. The standard InChI is InChI=1S/C21H28F5N3O5S/c1-12(2)16(17(30)21(25,26)19(32)28-11-20(22,23)24)29-18(31)15-8-14(9-27-15)35(33,34)10-13-6-4-3-5-7-13/h3-7,12,14-17,27,30H,8-11H2,1-2H3,(H,28,32)(H,29,31)/t14?,15?,16-,17+/m0/s1. The van der Waals surface area contributed by atoms with Crippen LogP contribution in [0.2, 0.25) is 0 Å². The zero-order valence-electron chi connectivity index (χ0n) is 19.0. The molecule has 1 aliphatic heterocycles. The number of sulfone groups is 1. The van der Waals surface area contributed by atoms with Gasteiger partial charge in [0.25, 0.3) is 5.91 Å². The molecule has 0 saturated carbocycles. The van der Waals surface area contributed by atoms with Crippen molar-refractivity contribution in [3.05, 3.63) is 35.9 Å². The van der Waals surface area contributed by atoms with Crippen LogP contribution in [0.5, 0.6) is 0 Å². The SMILES string of the molecule is CC(C)[C@H](NC(=O)C1CC(S(=O)(=O)Cc2ccccc2)CN1)[C@@H](O)C(F)(F)C(=O)NCC(F)(F)F. The van der Waals surface area contributed by atoms with E-state index < -0.39 is 69.7 Å². The number of aliphatic hydroxyl groups excluding tert-OH is 1. The Bertz CT molecular complexity index is 989. The molecule has 1 heterocycles. The molecule has 14 heteroatoms. The molecule has 1 saturated heterocycles.